The van der Waals surface area contributed by atoms with E-state index in [-0.39, 0.29) is 18.5 Å². The molecule has 3 amide bonds. The van der Waals surface area contributed by atoms with Crippen molar-refractivity contribution in [2.24, 2.45) is 7.05 Å². The molecule has 0 aliphatic carbocycles. The number of nitrogens with zero attached hydrogens (tertiary/aromatic N) is 7. The molecule has 9 heteroatoms. The molecule has 2 fully saturated rings. The number of amides is 3. The number of hydrogen-bond donors (Lipinski definition) is 0. The fourth-order valence-corrected chi connectivity index (χ4v) is 3.97. The number of aromatic nitrogens is 4. The van der Waals surface area contributed by atoms with E-state index in [9.17, 15) is 9.59 Å². The normalized spacial score (nSPS) is 17.6. The Bertz CT molecular complexity index is 1150. The molecule has 4 heterocycles. The first kappa shape index (κ1) is 17.6. The van der Waals surface area contributed by atoms with Crippen LogP contribution in [0.2, 0.25) is 0 Å². The Kier molecular flexibility index (Phi) is 3.80. The van der Waals surface area contributed by atoms with Gasteiger partial charge in [0.2, 0.25) is 0 Å². The third kappa shape index (κ3) is 2.72. The lowest BCUT2D eigenvalue weighted by Gasteiger charge is -2.40. The smallest absolute Gasteiger partial charge is 0.332 e. The highest BCUT2D eigenvalue weighted by molar-refractivity contribution is 6.11. The van der Waals surface area contributed by atoms with Gasteiger partial charge < -0.3 is 9.47 Å². The number of aryl methyl sites for hydroxylation is 2. The summed E-state index contributed by atoms with van der Waals surface area (Å²) in [7, 11) is 3.53. The first-order chi connectivity index (χ1) is 13.9. The highest BCUT2D eigenvalue weighted by Crippen LogP contribution is 2.33. The van der Waals surface area contributed by atoms with Crippen LogP contribution < -0.4 is 9.80 Å². The molecule has 0 spiro atoms. The molecule has 1 aromatic carbocycles. The molecule has 0 unspecified atom stereocenters. The quantitative estimate of drug-likeness (QED) is 0.631. The van der Waals surface area contributed by atoms with E-state index in [2.05, 4.69) is 25.5 Å². The Labute approximate surface area is 167 Å². The minimum absolute atomic E-state index is 0.00765. The summed E-state index contributed by atoms with van der Waals surface area (Å²) >= 11 is 0. The molecule has 29 heavy (non-hydrogen) atoms. The fourth-order valence-electron chi connectivity index (χ4n) is 3.97. The number of imide groups is 1. The molecule has 5 rings (SSSR count). The zero-order valence-corrected chi connectivity index (χ0v) is 16.5. The summed E-state index contributed by atoms with van der Waals surface area (Å²) in [5.74, 6) is 2.93. The summed E-state index contributed by atoms with van der Waals surface area (Å²) in [6.07, 6.45) is 0. The lowest BCUT2D eigenvalue weighted by atomic mass is 9.99. The molecule has 0 saturated carbocycles. The molecule has 0 radical (unpaired) electrons. The van der Waals surface area contributed by atoms with Crippen LogP contribution in [0.15, 0.2) is 30.3 Å². The number of para-hydroxylation sites is 2. The predicted molar refractivity (Wildman–Crippen MR) is 108 cm³/mol. The van der Waals surface area contributed by atoms with Gasteiger partial charge in [-0.15, -0.1) is 0 Å². The van der Waals surface area contributed by atoms with Gasteiger partial charge >= 0.3 is 6.03 Å². The Morgan fingerprint density at radius 2 is 1.72 bits per heavy atom. The van der Waals surface area contributed by atoms with Crippen molar-refractivity contribution in [2.75, 3.05) is 36.5 Å². The molecule has 9 nitrogen and oxygen atoms in total. The topological polar surface area (TPSA) is 87.5 Å². The van der Waals surface area contributed by atoms with Crippen molar-refractivity contribution in [3.8, 4) is 0 Å². The monoisotopic (exact) mass is 391 g/mol. The maximum Gasteiger partial charge on any atom is 0.332 e. The van der Waals surface area contributed by atoms with Crippen molar-refractivity contribution in [1.29, 1.82) is 0 Å². The van der Waals surface area contributed by atoms with Crippen LogP contribution >= 0.6 is 0 Å². The minimum atomic E-state index is -0.361. The molecular weight excluding hydrogens is 370 g/mol. The van der Waals surface area contributed by atoms with E-state index in [1.165, 1.54) is 11.9 Å². The van der Waals surface area contributed by atoms with E-state index in [0.717, 1.165) is 40.7 Å². The number of likely N-dealkylation sites (N-methyl/N-ethyl adjacent to an activating group) is 1. The summed E-state index contributed by atoms with van der Waals surface area (Å²) in [4.78, 5) is 42.5. The minimum Gasteiger partial charge on any atom is -0.355 e. The lowest BCUT2D eigenvalue weighted by molar-refractivity contribution is -0.123. The van der Waals surface area contributed by atoms with Gasteiger partial charge in [-0.1, -0.05) is 12.1 Å². The molecule has 2 aromatic heterocycles. The maximum absolute atomic E-state index is 12.3. The van der Waals surface area contributed by atoms with Crippen molar-refractivity contribution in [3.63, 3.8) is 0 Å². The molecule has 148 valence electrons. The van der Waals surface area contributed by atoms with Crippen LogP contribution in [0, 0.1) is 6.92 Å². The van der Waals surface area contributed by atoms with E-state index in [0.29, 0.717) is 17.6 Å². The number of carbonyl (C=O) groups is 2. The molecule has 0 atom stereocenters. The molecule has 2 aliphatic rings. The maximum atomic E-state index is 12.3. The Morgan fingerprint density at radius 1 is 1.00 bits per heavy atom. The number of anilines is 2. The second-order valence-corrected chi connectivity index (χ2v) is 7.57. The van der Waals surface area contributed by atoms with Gasteiger partial charge in [0.25, 0.3) is 5.91 Å². The number of benzene rings is 1. The number of carbonyl (C=O) groups excluding carboxylic acids is 2. The lowest BCUT2D eigenvalue weighted by Crippen LogP contribution is -2.46. The largest absolute Gasteiger partial charge is 0.355 e. The second-order valence-electron chi connectivity index (χ2n) is 7.57. The zero-order chi connectivity index (χ0) is 20.3. The van der Waals surface area contributed by atoms with Crippen molar-refractivity contribution >= 4 is 34.6 Å². The SMILES string of the molecule is Cc1nc(N2CC(c3nc4ccccc4n3C)C2)cc(N2CC(=O)N(C)C2=O)n1. The number of hydrogen-bond acceptors (Lipinski definition) is 6. The van der Waals surface area contributed by atoms with Crippen molar-refractivity contribution < 1.29 is 9.59 Å². The molecule has 2 saturated heterocycles. The highest BCUT2D eigenvalue weighted by Gasteiger charge is 2.37. The molecule has 2 aliphatic heterocycles. The predicted octanol–water partition coefficient (Wildman–Crippen LogP) is 1.67. The fraction of sp³-hybridized carbons (Fsp3) is 0.350. The number of imidazole rings is 1. The third-order valence-electron chi connectivity index (χ3n) is 5.67. The van der Waals surface area contributed by atoms with E-state index >= 15 is 0 Å². The van der Waals surface area contributed by atoms with Gasteiger partial charge in [-0.05, 0) is 19.1 Å². The van der Waals surface area contributed by atoms with Gasteiger partial charge in [-0.25, -0.2) is 19.7 Å². The summed E-state index contributed by atoms with van der Waals surface area (Å²) in [6.45, 7) is 3.38. The first-order valence-electron chi connectivity index (χ1n) is 9.52. The summed E-state index contributed by atoms with van der Waals surface area (Å²) in [5, 5.41) is 0. The van der Waals surface area contributed by atoms with Crippen LogP contribution in [-0.4, -0.2) is 63.0 Å². The average Bonchev–Trinajstić information content (AvgIpc) is 3.12. The number of fused-ring (bicyclic) bond motifs is 1. The van der Waals surface area contributed by atoms with E-state index in [4.69, 9.17) is 4.98 Å². The van der Waals surface area contributed by atoms with E-state index < -0.39 is 0 Å². The van der Waals surface area contributed by atoms with Crippen molar-refractivity contribution in [2.45, 2.75) is 12.8 Å². The van der Waals surface area contributed by atoms with Crippen LogP contribution in [0.1, 0.15) is 17.6 Å². The van der Waals surface area contributed by atoms with E-state index in [1.807, 2.05) is 25.2 Å². The van der Waals surface area contributed by atoms with Gasteiger partial charge in [-0.2, -0.15) is 0 Å². The van der Waals surface area contributed by atoms with Gasteiger partial charge in [-0.3, -0.25) is 14.6 Å². The highest BCUT2D eigenvalue weighted by atomic mass is 16.2. The average molecular weight is 391 g/mol. The van der Waals surface area contributed by atoms with Crippen LogP contribution in [-0.2, 0) is 11.8 Å². The van der Waals surface area contributed by atoms with Crippen LogP contribution in [0.25, 0.3) is 11.0 Å². The number of urea groups is 1. The zero-order valence-electron chi connectivity index (χ0n) is 16.5. The Hall–Kier alpha value is -3.49. The van der Waals surface area contributed by atoms with Crippen molar-refractivity contribution in [3.05, 3.63) is 42.0 Å². The summed E-state index contributed by atoms with van der Waals surface area (Å²) in [6, 6.07) is 9.55. The molecule has 0 bridgehead atoms. The molecule has 3 aromatic rings. The van der Waals surface area contributed by atoms with Crippen LogP contribution in [0.5, 0.6) is 0 Å². The summed E-state index contributed by atoms with van der Waals surface area (Å²) < 4.78 is 2.15. The standard InChI is InChI=1S/C20H21N7O2/c1-12-21-16(8-17(22-12)27-11-18(28)25(3)20(27)29)26-9-13(10-26)19-23-14-6-4-5-7-15(14)24(19)2/h4-8,13H,9-11H2,1-3H3. The summed E-state index contributed by atoms with van der Waals surface area (Å²) in [5.41, 5.74) is 2.13. The van der Waals surface area contributed by atoms with Gasteiger partial charge in [0.15, 0.2) is 0 Å². The first-order valence-corrected chi connectivity index (χ1v) is 9.52. The Balaban J connectivity index is 1.38. The van der Waals surface area contributed by atoms with Gasteiger partial charge in [0.1, 0.15) is 29.8 Å². The second kappa shape index (κ2) is 6.26. The van der Waals surface area contributed by atoms with Crippen LogP contribution in [0.4, 0.5) is 16.4 Å². The van der Waals surface area contributed by atoms with Crippen molar-refractivity contribution in [1.82, 2.24) is 24.4 Å². The molecule has 0 N–H and O–H groups in total. The molecular formula is C20H21N7O2. The Morgan fingerprint density at radius 3 is 2.41 bits per heavy atom. The van der Waals surface area contributed by atoms with Gasteiger partial charge in [0, 0.05) is 33.3 Å². The number of rotatable bonds is 3. The van der Waals surface area contributed by atoms with Crippen LogP contribution in [0.3, 0.4) is 0 Å². The van der Waals surface area contributed by atoms with E-state index in [1.54, 1.807) is 13.0 Å². The van der Waals surface area contributed by atoms with Gasteiger partial charge in [0.05, 0.1) is 17.0 Å². The third-order valence-corrected chi connectivity index (χ3v) is 5.67.